The molecule has 1 atom stereocenters. The van der Waals surface area contributed by atoms with E-state index in [1.165, 1.54) is 12.1 Å². The number of nitrogens with zero attached hydrogens (tertiary/aromatic N) is 1. The zero-order valence-electron chi connectivity index (χ0n) is 14.1. The number of aliphatic carboxylic acids is 1. The van der Waals surface area contributed by atoms with Crippen molar-refractivity contribution in [2.45, 2.75) is 25.4 Å². The molecule has 2 N–H and O–H groups in total. The summed E-state index contributed by atoms with van der Waals surface area (Å²) in [6.45, 7) is 0.344. The predicted molar refractivity (Wildman–Crippen MR) is 96.2 cm³/mol. The third kappa shape index (κ3) is 4.27. The van der Waals surface area contributed by atoms with Gasteiger partial charge in [-0.25, -0.2) is 9.18 Å². The maximum Gasteiger partial charge on any atom is 0.326 e. The summed E-state index contributed by atoms with van der Waals surface area (Å²) in [5, 5.41) is 12.8. The van der Waals surface area contributed by atoms with Crippen molar-refractivity contribution in [2.75, 3.05) is 0 Å². The molecule has 5 nitrogen and oxygen atoms in total. The molecule has 0 fully saturated rings. The van der Waals surface area contributed by atoms with Gasteiger partial charge in [0.25, 0.3) is 0 Å². The molecule has 1 amide bonds. The normalized spacial score (nSPS) is 12.0. The molecule has 0 bridgehead atoms. The highest BCUT2D eigenvalue weighted by Crippen LogP contribution is 2.17. The van der Waals surface area contributed by atoms with Crippen molar-refractivity contribution in [2.24, 2.45) is 0 Å². The third-order valence-electron chi connectivity index (χ3n) is 4.23. The average molecular weight is 354 g/mol. The van der Waals surface area contributed by atoms with Gasteiger partial charge in [-0.1, -0.05) is 30.3 Å². The zero-order valence-corrected chi connectivity index (χ0v) is 14.1. The monoisotopic (exact) mass is 354 g/mol. The van der Waals surface area contributed by atoms with Crippen LogP contribution in [0.15, 0.2) is 60.8 Å². The van der Waals surface area contributed by atoms with E-state index >= 15 is 0 Å². The molecule has 1 heterocycles. The molecule has 134 valence electrons. The second kappa shape index (κ2) is 7.82. The van der Waals surface area contributed by atoms with Gasteiger partial charge in [-0.15, -0.1) is 0 Å². The summed E-state index contributed by atoms with van der Waals surface area (Å²) >= 11 is 0. The molecule has 0 saturated carbocycles. The fourth-order valence-electron chi connectivity index (χ4n) is 2.89. The molecule has 0 spiro atoms. The van der Waals surface area contributed by atoms with Crippen LogP contribution >= 0.6 is 0 Å². The number of aryl methyl sites for hydroxylation is 1. The van der Waals surface area contributed by atoms with Gasteiger partial charge in [0.05, 0.1) is 5.52 Å². The van der Waals surface area contributed by atoms with Gasteiger partial charge in [0, 0.05) is 25.6 Å². The van der Waals surface area contributed by atoms with Crippen molar-refractivity contribution in [1.29, 1.82) is 0 Å². The summed E-state index contributed by atoms with van der Waals surface area (Å²) < 4.78 is 15.2. The minimum absolute atomic E-state index is 0.110. The number of hydrogen-bond acceptors (Lipinski definition) is 2. The average Bonchev–Trinajstić information content (AvgIpc) is 3.02. The van der Waals surface area contributed by atoms with E-state index in [-0.39, 0.29) is 24.6 Å². The van der Waals surface area contributed by atoms with Crippen LogP contribution in [-0.4, -0.2) is 27.6 Å². The van der Waals surface area contributed by atoms with Gasteiger partial charge >= 0.3 is 5.97 Å². The number of fused-ring (bicyclic) bond motifs is 1. The first-order chi connectivity index (χ1) is 12.5. The van der Waals surface area contributed by atoms with Crippen molar-refractivity contribution in [1.82, 2.24) is 9.88 Å². The lowest BCUT2D eigenvalue weighted by atomic mass is 10.1. The smallest absolute Gasteiger partial charge is 0.326 e. The number of nitrogens with one attached hydrogen (secondary N) is 1. The van der Waals surface area contributed by atoms with Crippen LogP contribution in [0.4, 0.5) is 4.39 Å². The molecule has 0 aliphatic carbocycles. The highest BCUT2D eigenvalue weighted by atomic mass is 19.1. The first-order valence-corrected chi connectivity index (χ1v) is 8.33. The summed E-state index contributed by atoms with van der Waals surface area (Å²) in [7, 11) is 0. The van der Waals surface area contributed by atoms with Gasteiger partial charge in [-0.3, -0.25) is 4.79 Å². The van der Waals surface area contributed by atoms with E-state index in [0.717, 1.165) is 10.9 Å². The lowest BCUT2D eigenvalue weighted by molar-refractivity contribution is -0.141. The molecule has 0 radical (unpaired) electrons. The first-order valence-electron chi connectivity index (χ1n) is 8.33. The second-order valence-electron chi connectivity index (χ2n) is 6.11. The lowest BCUT2D eigenvalue weighted by Gasteiger charge is -2.15. The van der Waals surface area contributed by atoms with E-state index in [9.17, 15) is 19.1 Å². The van der Waals surface area contributed by atoms with Crippen molar-refractivity contribution in [3.8, 4) is 0 Å². The fourth-order valence-corrected chi connectivity index (χ4v) is 2.89. The van der Waals surface area contributed by atoms with Gasteiger partial charge in [0.2, 0.25) is 5.91 Å². The van der Waals surface area contributed by atoms with Crippen molar-refractivity contribution in [3.63, 3.8) is 0 Å². The second-order valence-corrected chi connectivity index (χ2v) is 6.11. The van der Waals surface area contributed by atoms with Crippen LogP contribution in [0.25, 0.3) is 10.9 Å². The number of carbonyl (C=O) groups is 2. The van der Waals surface area contributed by atoms with E-state index in [0.29, 0.717) is 12.1 Å². The molecule has 0 aliphatic rings. The molecule has 26 heavy (non-hydrogen) atoms. The number of halogens is 1. The standard InChI is InChI=1S/C20H19FN2O3/c21-16-7-6-15-8-10-23(18(15)13-16)11-9-19(24)22-17(20(25)26)12-14-4-2-1-3-5-14/h1-8,10,13,17H,9,11-12H2,(H,22,24)(H,25,26)/t17-/m0/s1. The Balaban J connectivity index is 1.61. The van der Waals surface area contributed by atoms with Crippen molar-refractivity contribution < 1.29 is 19.1 Å². The number of benzene rings is 2. The molecule has 2 aromatic carbocycles. The van der Waals surface area contributed by atoms with Crippen molar-refractivity contribution >= 4 is 22.8 Å². The van der Waals surface area contributed by atoms with Gasteiger partial charge in [-0.05, 0) is 35.2 Å². The van der Waals surface area contributed by atoms with E-state index < -0.39 is 12.0 Å². The minimum Gasteiger partial charge on any atom is -0.480 e. The van der Waals surface area contributed by atoms with Crippen LogP contribution in [-0.2, 0) is 22.6 Å². The number of rotatable bonds is 7. The maximum absolute atomic E-state index is 13.4. The Labute approximate surface area is 150 Å². The largest absolute Gasteiger partial charge is 0.480 e. The molecular formula is C20H19FN2O3. The quantitative estimate of drug-likeness (QED) is 0.685. The molecule has 0 saturated heterocycles. The van der Waals surface area contributed by atoms with Crippen LogP contribution in [0.5, 0.6) is 0 Å². The summed E-state index contributed by atoms with van der Waals surface area (Å²) in [4.78, 5) is 23.6. The van der Waals surface area contributed by atoms with Gasteiger partial charge < -0.3 is 15.0 Å². The Bertz CT molecular complexity index is 921. The molecule has 1 aromatic heterocycles. The predicted octanol–water partition coefficient (Wildman–Crippen LogP) is 2.98. The van der Waals surface area contributed by atoms with Gasteiger partial charge in [-0.2, -0.15) is 0 Å². The zero-order chi connectivity index (χ0) is 18.5. The van der Waals surface area contributed by atoms with Crippen molar-refractivity contribution in [3.05, 3.63) is 72.2 Å². The first kappa shape index (κ1) is 17.7. The van der Waals surface area contributed by atoms with Crippen LogP contribution < -0.4 is 5.32 Å². The SMILES string of the molecule is O=C(CCn1ccc2ccc(F)cc21)N[C@@H](Cc1ccccc1)C(=O)O. The van der Waals surface area contributed by atoms with E-state index in [1.54, 1.807) is 16.8 Å². The highest BCUT2D eigenvalue weighted by molar-refractivity contribution is 5.84. The number of carboxylic acid groups (broad SMARTS) is 1. The van der Waals surface area contributed by atoms with Crippen LogP contribution in [0.2, 0.25) is 0 Å². The van der Waals surface area contributed by atoms with Gasteiger partial charge in [0.1, 0.15) is 11.9 Å². The van der Waals surface area contributed by atoms with Crippen LogP contribution in [0, 0.1) is 5.82 Å². The Morgan fingerprint density at radius 1 is 1.12 bits per heavy atom. The Kier molecular flexibility index (Phi) is 5.31. The highest BCUT2D eigenvalue weighted by Gasteiger charge is 2.20. The van der Waals surface area contributed by atoms with E-state index in [1.807, 2.05) is 36.4 Å². The number of amides is 1. The summed E-state index contributed by atoms with van der Waals surface area (Å²) in [6.07, 6.45) is 2.12. The fraction of sp³-hybridized carbons (Fsp3) is 0.200. The number of carboxylic acids is 1. The summed E-state index contributed by atoms with van der Waals surface area (Å²) in [5.41, 5.74) is 1.55. The molecule has 3 rings (SSSR count). The summed E-state index contributed by atoms with van der Waals surface area (Å²) in [5.74, 6) is -1.77. The minimum atomic E-state index is -1.07. The Hall–Kier alpha value is -3.15. The van der Waals surface area contributed by atoms with Crippen LogP contribution in [0.3, 0.4) is 0 Å². The number of hydrogen-bond donors (Lipinski definition) is 2. The molecule has 0 unspecified atom stereocenters. The number of aromatic nitrogens is 1. The molecule has 0 aliphatic heterocycles. The maximum atomic E-state index is 13.4. The van der Waals surface area contributed by atoms with E-state index in [2.05, 4.69) is 5.32 Å². The number of carbonyl (C=O) groups excluding carboxylic acids is 1. The molecular weight excluding hydrogens is 335 g/mol. The third-order valence-corrected chi connectivity index (χ3v) is 4.23. The van der Waals surface area contributed by atoms with Gasteiger partial charge in [0.15, 0.2) is 0 Å². The molecule has 6 heteroatoms. The summed E-state index contributed by atoms with van der Waals surface area (Å²) in [6, 6.07) is 14.5. The topological polar surface area (TPSA) is 71.3 Å². The Morgan fingerprint density at radius 3 is 2.62 bits per heavy atom. The lowest BCUT2D eigenvalue weighted by Crippen LogP contribution is -2.42. The Morgan fingerprint density at radius 2 is 1.88 bits per heavy atom. The van der Waals surface area contributed by atoms with Crippen LogP contribution in [0.1, 0.15) is 12.0 Å². The van der Waals surface area contributed by atoms with E-state index in [4.69, 9.17) is 0 Å². The molecule has 3 aromatic rings.